The molecule has 1 saturated heterocycles. The van der Waals surface area contributed by atoms with Gasteiger partial charge in [-0.2, -0.15) is 0 Å². The van der Waals surface area contributed by atoms with Crippen molar-refractivity contribution in [3.63, 3.8) is 0 Å². The standard InChI is InChI=1S/C14H20BrNO2/c15-14-5-4-12(9-11(14)6-7-16)18-10-13-3-1-2-8-17-13/h4-5,9,13H,1-3,6-8,10,16H2. The minimum Gasteiger partial charge on any atom is -0.491 e. The molecular weight excluding hydrogens is 294 g/mol. The van der Waals surface area contributed by atoms with Crippen molar-refractivity contribution in [3.8, 4) is 5.75 Å². The summed E-state index contributed by atoms with van der Waals surface area (Å²) >= 11 is 3.52. The fourth-order valence-electron chi connectivity index (χ4n) is 2.12. The van der Waals surface area contributed by atoms with E-state index in [0.29, 0.717) is 13.2 Å². The summed E-state index contributed by atoms with van der Waals surface area (Å²) in [6.45, 7) is 2.16. The maximum atomic E-state index is 5.80. The van der Waals surface area contributed by atoms with Crippen LogP contribution in [0.25, 0.3) is 0 Å². The van der Waals surface area contributed by atoms with Crippen LogP contribution in [0, 0.1) is 0 Å². The Bertz CT molecular complexity index is 378. The maximum absolute atomic E-state index is 5.80. The Labute approximate surface area is 117 Å². The van der Waals surface area contributed by atoms with Crippen molar-refractivity contribution >= 4 is 15.9 Å². The molecule has 1 heterocycles. The summed E-state index contributed by atoms with van der Waals surface area (Å²) in [7, 11) is 0. The first-order valence-electron chi connectivity index (χ1n) is 6.52. The molecule has 0 spiro atoms. The molecule has 1 unspecified atom stereocenters. The van der Waals surface area contributed by atoms with Gasteiger partial charge in [0.25, 0.3) is 0 Å². The van der Waals surface area contributed by atoms with E-state index in [1.165, 1.54) is 18.4 Å². The van der Waals surface area contributed by atoms with Crippen molar-refractivity contribution in [2.24, 2.45) is 5.73 Å². The summed E-state index contributed by atoms with van der Waals surface area (Å²) < 4.78 is 12.5. The van der Waals surface area contributed by atoms with Crippen molar-refractivity contribution in [1.29, 1.82) is 0 Å². The second kappa shape index (κ2) is 7.12. The van der Waals surface area contributed by atoms with E-state index in [4.69, 9.17) is 15.2 Å². The fourth-order valence-corrected chi connectivity index (χ4v) is 2.56. The highest BCUT2D eigenvalue weighted by atomic mass is 79.9. The zero-order valence-corrected chi connectivity index (χ0v) is 12.1. The summed E-state index contributed by atoms with van der Waals surface area (Å²) in [6, 6.07) is 6.05. The van der Waals surface area contributed by atoms with E-state index in [1.54, 1.807) is 0 Å². The van der Waals surface area contributed by atoms with Crippen LogP contribution in [0.5, 0.6) is 5.75 Å². The highest BCUT2D eigenvalue weighted by Gasteiger charge is 2.14. The van der Waals surface area contributed by atoms with Crippen LogP contribution in [0.1, 0.15) is 24.8 Å². The Morgan fingerprint density at radius 3 is 3.00 bits per heavy atom. The van der Waals surface area contributed by atoms with E-state index in [1.807, 2.05) is 12.1 Å². The Balaban J connectivity index is 1.90. The van der Waals surface area contributed by atoms with Crippen LogP contribution >= 0.6 is 15.9 Å². The zero-order chi connectivity index (χ0) is 12.8. The molecule has 2 rings (SSSR count). The van der Waals surface area contributed by atoms with E-state index in [2.05, 4.69) is 22.0 Å². The van der Waals surface area contributed by atoms with Crippen LogP contribution in [-0.2, 0) is 11.2 Å². The third-order valence-electron chi connectivity index (χ3n) is 3.14. The number of ether oxygens (including phenoxy) is 2. The minimum atomic E-state index is 0.250. The fraction of sp³-hybridized carbons (Fsp3) is 0.571. The van der Waals surface area contributed by atoms with Crippen LogP contribution in [0.3, 0.4) is 0 Å². The predicted molar refractivity (Wildman–Crippen MR) is 76.0 cm³/mol. The molecule has 3 nitrogen and oxygen atoms in total. The second-order valence-corrected chi connectivity index (χ2v) is 5.45. The van der Waals surface area contributed by atoms with Crippen molar-refractivity contribution < 1.29 is 9.47 Å². The molecule has 2 N–H and O–H groups in total. The molecule has 4 heteroatoms. The lowest BCUT2D eigenvalue weighted by Gasteiger charge is -2.22. The molecule has 0 saturated carbocycles. The average Bonchev–Trinajstić information content (AvgIpc) is 2.41. The smallest absolute Gasteiger partial charge is 0.119 e. The number of hydrogen-bond donors (Lipinski definition) is 1. The Kier molecular flexibility index (Phi) is 5.47. The molecule has 1 aliphatic heterocycles. The number of nitrogens with two attached hydrogens (primary N) is 1. The first-order valence-corrected chi connectivity index (χ1v) is 7.32. The number of benzene rings is 1. The molecule has 18 heavy (non-hydrogen) atoms. The normalized spacial score (nSPS) is 19.8. The van der Waals surface area contributed by atoms with Gasteiger partial charge in [0.1, 0.15) is 12.4 Å². The van der Waals surface area contributed by atoms with Crippen LogP contribution in [0.2, 0.25) is 0 Å². The van der Waals surface area contributed by atoms with Gasteiger partial charge in [-0.15, -0.1) is 0 Å². The molecule has 100 valence electrons. The van der Waals surface area contributed by atoms with E-state index in [-0.39, 0.29) is 6.10 Å². The lowest BCUT2D eigenvalue weighted by atomic mass is 10.1. The summed E-state index contributed by atoms with van der Waals surface area (Å²) in [4.78, 5) is 0. The summed E-state index contributed by atoms with van der Waals surface area (Å²) in [6.07, 6.45) is 4.63. The van der Waals surface area contributed by atoms with E-state index < -0.39 is 0 Å². The third kappa shape index (κ3) is 3.97. The van der Waals surface area contributed by atoms with Crippen molar-refractivity contribution in [3.05, 3.63) is 28.2 Å². The molecule has 0 aromatic heterocycles. The van der Waals surface area contributed by atoms with Gasteiger partial charge in [0.05, 0.1) is 6.10 Å². The number of rotatable bonds is 5. The largest absolute Gasteiger partial charge is 0.491 e. The van der Waals surface area contributed by atoms with E-state index in [0.717, 1.165) is 29.7 Å². The Morgan fingerprint density at radius 2 is 2.28 bits per heavy atom. The summed E-state index contributed by atoms with van der Waals surface area (Å²) in [5, 5.41) is 0. The first-order chi connectivity index (χ1) is 8.79. The van der Waals surface area contributed by atoms with Crippen LogP contribution < -0.4 is 10.5 Å². The predicted octanol–water partition coefficient (Wildman–Crippen LogP) is 2.90. The molecule has 0 amide bonds. The van der Waals surface area contributed by atoms with Crippen LogP contribution in [0.4, 0.5) is 0 Å². The van der Waals surface area contributed by atoms with E-state index in [9.17, 15) is 0 Å². The summed E-state index contributed by atoms with van der Waals surface area (Å²) in [5.41, 5.74) is 6.78. The van der Waals surface area contributed by atoms with Crippen LogP contribution in [-0.4, -0.2) is 25.9 Å². The monoisotopic (exact) mass is 313 g/mol. The lowest BCUT2D eigenvalue weighted by Crippen LogP contribution is -2.25. The van der Waals surface area contributed by atoms with Gasteiger partial charge < -0.3 is 15.2 Å². The highest BCUT2D eigenvalue weighted by molar-refractivity contribution is 9.10. The maximum Gasteiger partial charge on any atom is 0.119 e. The van der Waals surface area contributed by atoms with Gasteiger partial charge in [-0.3, -0.25) is 0 Å². The van der Waals surface area contributed by atoms with Gasteiger partial charge in [-0.25, -0.2) is 0 Å². The van der Waals surface area contributed by atoms with Gasteiger partial charge >= 0.3 is 0 Å². The van der Waals surface area contributed by atoms with Crippen molar-refractivity contribution in [1.82, 2.24) is 0 Å². The molecule has 1 aliphatic rings. The molecule has 0 aliphatic carbocycles. The Morgan fingerprint density at radius 1 is 1.39 bits per heavy atom. The molecule has 1 fully saturated rings. The second-order valence-electron chi connectivity index (χ2n) is 4.59. The van der Waals surface area contributed by atoms with Gasteiger partial charge in [0.2, 0.25) is 0 Å². The SMILES string of the molecule is NCCc1cc(OCC2CCCCO2)ccc1Br. The molecule has 1 aromatic carbocycles. The number of halogens is 1. The van der Waals surface area contributed by atoms with E-state index >= 15 is 0 Å². The number of hydrogen-bond acceptors (Lipinski definition) is 3. The van der Waals surface area contributed by atoms with Crippen molar-refractivity contribution in [2.75, 3.05) is 19.8 Å². The third-order valence-corrected chi connectivity index (χ3v) is 3.91. The molecule has 0 bridgehead atoms. The molecule has 0 radical (unpaired) electrons. The highest BCUT2D eigenvalue weighted by Crippen LogP contribution is 2.23. The lowest BCUT2D eigenvalue weighted by molar-refractivity contribution is -0.0110. The van der Waals surface area contributed by atoms with Gasteiger partial charge in [0.15, 0.2) is 0 Å². The van der Waals surface area contributed by atoms with Crippen molar-refractivity contribution in [2.45, 2.75) is 31.8 Å². The quantitative estimate of drug-likeness (QED) is 0.909. The first kappa shape index (κ1) is 13.8. The molecule has 1 aromatic rings. The minimum absolute atomic E-state index is 0.250. The summed E-state index contributed by atoms with van der Waals surface area (Å²) in [5.74, 6) is 0.899. The Hall–Kier alpha value is -0.580. The zero-order valence-electron chi connectivity index (χ0n) is 10.5. The topological polar surface area (TPSA) is 44.5 Å². The van der Waals surface area contributed by atoms with Crippen LogP contribution in [0.15, 0.2) is 22.7 Å². The van der Waals surface area contributed by atoms with Gasteiger partial charge in [-0.05, 0) is 56.0 Å². The van der Waals surface area contributed by atoms with Gasteiger partial charge in [0, 0.05) is 11.1 Å². The molecule has 1 atom stereocenters. The average molecular weight is 314 g/mol. The molecular formula is C14H20BrNO2. The van der Waals surface area contributed by atoms with Gasteiger partial charge in [-0.1, -0.05) is 15.9 Å².